The predicted molar refractivity (Wildman–Crippen MR) is 142 cm³/mol. The van der Waals surface area contributed by atoms with Crippen LogP contribution in [0, 0.1) is 11.2 Å². The van der Waals surface area contributed by atoms with Crippen molar-refractivity contribution in [3.8, 4) is 10.6 Å². The first-order valence-corrected chi connectivity index (χ1v) is 13.3. The van der Waals surface area contributed by atoms with Crippen molar-refractivity contribution in [2.24, 2.45) is 5.41 Å². The van der Waals surface area contributed by atoms with Gasteiger partial charge in [0.25, 0.3) is 5.91 Å². The number of pyridine rings is 1. The minimum atomic E-state index is -2.55. The van der Waals surface area contributed by atoms with E-state index >= 15 is 4.39 Å². The first-order chi connectivity index (χ1) is 20.3. The van der Waals surface area contributed by atoms with Gasteiger partial charge >= 0.3 is 0 Å². The van der Waals surface area contributed by atoms with Crippen molar-refractivity contribution in [1.82, 2.24) is 24.8 Å². The van der Waals surface area contributed by atoms with E-state index in [4.69, 9.17) is 8.22 Å². The molecule has 4 aliphatic rings. The van der Waals surface area contributed by atoms with Crippen LogP contribution in [0.3, 0.4) is 0 Å². The van der Waals surface area contributed by atoms with E-state index < -0.39 is 31.1 Å². The zero-order valence-electron chi connectivity index (χ0n) is 26.1. The molecule has 0 bridgehead atoms. The third-order valence-corrected chi connectivity index (χ3v) is 9.53. The molecule has 10 heteroatoms. The van der Waals surface area contributed by atoms with Crippen LogP contribution in [-0.2, 0) is 5.41 Å². The molecular formula is C27H30FN7OS. The van der Waals surface area contributed by atoms with Crippen LogP contribution in [0.15, 0.2) is 30.6 Å². The highest BCUT2D eigenvalue weighted by Crippen LogP contribution is 2.50. The lowest BCUT2D eigenvalue weighted by Gasteiger charge is -2.60. The van der Waals surface area contributed by atoms with Crippen LogP contribution < -0.4 is 10.2 Å². The van der Waals surface area contributed by atoms with Crippen LogP contribution in [0.5, 0.6) is 0 Å². The van der Waals surface area contributed by atoms with Crippen LogP contribution in [-0.4, -0.2) is 77.3 Å². The first kappa shape index (κ1) is 17.4. The maximum atomic E-state index is 15.1. The normalized spacial score (nSPS) is 24.8. The fourth-order valence-corrected chi connectivity index (χ4v) is 7.74. The summed E-state index contributed by atoms with van der Waals surface area (Å²) in [5.41, 5.74) is 0.852. The van der Waals surface area contributed by atoms with Crippen molar-refractivity contribution in [3.05, 3.63) is 46.9 Å². The van der Waals surface area contributed by atoms with Crippen molar-refractivity contribution in [2.45, 2.75) is 31.1 Å². The van der Waals surface area contributed by atoms with Gasteiger partial charge in [0.1, 0.15) is 11.5 Å². The highest BCUT2D eigenvalue weighted by Gasteiger charge is 2.50. The molecule has 3 aromatic rings. The molecule has 37 heavy (non-hydrogen) atoms. The SMILES string of the molecule is [2H]C([2H])([2H])N1CC2(CN(c3ccc(Nc4ncc(F)c(-c5cc6c(s5)C5(CCCC5)CN(C([2H])([2H])[2H])C6=O)n4)nc3)C2)C1. The number of carbonyl (C=O) groups excluding carboxylic acids is 1. The number of halogens is 1. The van der Waals surface area contributed by atoms with Crippen molar-refractivity contribution >= 4 is 34.7 Å². The lowest BCUT2D eigenvalue weighted by atomic mass is 9.73. The fraction of sp³-hybridized carbons (Fsp3) is 0.481. The van der Waals surface area contributed by atoms with Gasteiger partial charge in [0.15, 0.2) is 5.82 Å². The fourth-order valence-electron chi connectivity index (χ4n) is 6.36. The third kappa shape index (κ3) is 3.72. The van der Waals surface area contributed by atoms with E-state index in [1.165, 1.54) is 16.2 Å². The lowest BCUT2D eigenvalue weighted by molar-refractivity contribution is -0.00241. The summed E-state index contributed by atoms with van der Waals surface area (Å²) in [6.45, 7) is -1.78. The summed E-state index contributed by atoms with van der Waals surface area (Å²) in [5.74, 6) is -0.608. The highest BCUT2D eigenvalue weighted by molar-refractivity contribution is 7.16. The van der Waals surface area contributed by atoms with Gasteiger partial charge in [-0.1, -0.05) is 12.8 Å². The molecule has 8 nitrogen and oxygen atoms in total. The molecule has 1 N–H and O–H groups in total. The number of likely N-dealkylation sites (N-methyl/N-ethyl adjacent to an activating group) is 1. The summed E-state index contributed by atoms with van der Waals surface area (Å²) in [5, 5.41) is 3.02. The van der Waals surface area contributed by atoms with Gasteiger partial charge in [-0.25, -0.2) is 19.3 Å². The van der Waals surface area contributed by atoms with E-state index in [0.717, 1.165) is 60.4 Å². The van der Waals surface area contributed by atoms with Gasteiger partial charge in [0.2, 0.25) is 5.95 Å². The highest BCUT2D eigenvalue weighted by atomic mass is 32.1. The topological polar surface area (TPSA) is 77.5 Å². The quantitative estimate of drug-likeness (QED) is 0.549. The number of likely N-dealkylation sites (tertiary alicyclic amines) is 1. The average molecular weight is 526 g/mol. The van der Waals surface area contributed by atoms with Crippen LogP contribution in [0.25, 0.3) is 10.6 Å². The second-order valence-corrected chi connectivity index (χ2v) is 11.9. The smallest absolute Gasteiger partial charge is 0.254 e. The number of anilines is 3. The molecule has 0 aromatic carbocycles. The van der Waals surface area contributed by atoms with E-state index in [2.05, 4.69) is 25.2 Å². The molecular weight excluding hydrogens is 489 g/mol. The van der Waals surface area contributed by atoms with Crippen LogP contribution in [0.2, 0.25) is 0 Å². The van der Waals surface area contributed by atoms with Crippen molar-refractivity contribution < 1.29 is 17.4 Å². The van der Waals surface area contributed by atoms with Gasteiger partial charge < -0.3 is 20.0 Å². The molecule has 0 unspecified atom stereocenters. The third-order valence-electron chi connectivity index (χ3n) is 8.15. The van der Waals surface area contributed by atoms with Gasteiger partial charge in [0.05, 0.1) is 28.5 Å². The number of hydrogen-bond acceptors (Lipinski definition) is 8. The molecule has 3 aromatic heterocycles. The maximum Gasteiger partial charge on any atom is 0.254 e. The Bertz CT molecular complexity index is 1570. The number of fused-ring (bicyclic) bond motifs is 2. The van der Waals surface area contributed by atoms with Crippen LogP contribution >= 0.6 is 11.3 Å². The van der Waals surface area contributed by atoms with E-state index in [1.807, 2.05) is 6.07 Å². The van der Waals surface area contributed by atoms with Crippen molar-refractivity contribution in [2.75, 3.05) is 56.9 Å². The molecule has 3 fully saturated rings. The molecule has 3 aliphatic heterocycles. The maximum absolute atomic E-state index is 15.1. The Labute approximate surface area is 228 Å². The first-order valence-electron chi connectivity index (χ1n) is 15.5. The summed E-state index contributed by atoms with van der Waals surface area (Å²) in [6, 6.07) is 5.25. The van der Waals surface area contributed by atoms with Crippen LogP contribution in [0.4, 0.5) is 21.8 Å². The van der Waals surface area contributed by atoms with Crippen molar-refractivity contribution in [3.63, 3.8) is 0 Å². The van der Waals surface area contributed by atoms with Crippen LogP contribution in [0.1, 0.15) is 49.1 Å². The van der Waals surface area contributed by atoms with Gasteiger partial charge in [-0.15, -0.1) is 11.3 Å². The molecule has 6 heterocycles. The standard InChI is InChI=1S/C27H30FN7OS/c1-33-12-26(13-33)14-35(15-26)17-5-6-21(29-10-17)31-25-30-11-19(28)22(32-25)20-9-18-23(37-20)27(7-3-4-8-27)16-34(2)24(18)36/h5-6,9-11H,3-4,7-8,12-16H2,1-2H3,(H,29,30,31,32)/i1D3,2D3. The zero-order chi connectivity index (χ0) is 30.4. The number of amides is 1. The summed E-state index contributed by atoms with van der Waals surface area (Å²) in [4.78, 5) is 32.1. The Morgan fingerprint density at radius 2 is 1.92 bits per heavy atom. The van der Waals surface area contributed by atoms with Crippen molar-refractivity contribution in [1.29, 1.82) is 0 Å². The molecule has 0 radical (unpaired) electrons. The molecule has 7 rings (SSSR count). The van der Waals surface area contributed by atoms with E-state index in [1.54, 1.807) is 18.3 Å². The van der Waals surface area contributed by atoms with E-state index in [0.29, 0.717) is 29.3 Å². The number of rotatable bonds is 4. The van der Waals surface area contributed by atoms with Gasteiger partial charge in [-0.05, 0) is 38.0 Å². The van der Waals surface area contributed by atoms with Gasteiger partial charge in [-0.2, -0.15) is 0 Å². The Morgan fingerprint density at radius 1 is 1.08 bits per heavy atom. The minimum Gasteiger partial charge on any atom is -0.369 e. The van der Waals surface area contributed by atoms with Gasteiger partial charge in [-0.3, -0.25) is 4.79 Å². The minimum absolute atomic E-state index is 0.0255. The predicted octanol–water partition coefficient (Wildman–Crippen LogP) is 4.13. The molecule has 2 spiro atoms. The molecule has 0 atom stereocenters. The summed E-state index contributed by atoms with van der Waals surface area (Å²) >= 11 is 1.31. The molecule has 1 saturated carbocycles. The largest absolute Gasteiger partial charge is 0.369 e. The van der Waals surface area contributed by atoms with E-state index in [9.17, 15) is 4.79 Å². The number of carbonyl (C=O) groups is 1. The average Bonchev–Trinajstić information content (AvgIpc) is 3.54. The number of nitrogens with one attached hydrogen (secondary N) is 1. The summed E-state index contributed by atoms with van der Waals surface area (Å²) in [6.07, 6.45) is 6.23. The second-order valence-electron chi connectivity index (χ2n) is 10.9. The molecule has 1 aliphatic carbocycles. The number of hydrogen-bond donors (Lipinski definition) is 1. The zero-order valence-corrected chi connectivity index (χ0v) is 20.9. The number of nitrogens with zero attached hydrogens (tertiary/aromatic N) is 6. The Hall–Kier alpha value is -3.11. The summed E-state index contributed by atoms with van der Waals surface area (Å²) < 4.78 is 61.4. The Kier molecular flexibility index (Phi) is 3.86. The lowest BCUT2D eigenvalue weighted by Crippen LogP contribution is -2.71. The Balaban J connectivity index is 1.08. The number of aromatic nitrogens is 3. The van der Waals surface area contributed by atoms with E-state index in [-0.39, 0.29) is 23.6 Å². The summed E-state index contributed by atoms with van der Waals surface area (Å²) in [7, 11) is 0. The molecule has 2 saturated heterocycles. The molecule has 192 valence electrons. The number of thiophene rings is 1. The Morgan fingerprint density at radius 3 is 2.65 bits per heavy atom. The second kappa shape index (κ2) is 8.19. The van der Waals surface area contributed by atoms with Gasteiger partial charge in [0, 0.05) is 63.6 Å². The monoisotopic (exact) mass is 525 g/mol. The molecule has 1 amide bonds.